The number of carbonyl (C=O) groups is 2. The van der Waals surface area contributed by atoms with Crippen molar-refractivity contribution < 1.29 is 29.3 Å². The van der Waals surface area contributed by atoms with E-state index in [-0.39, 0.29) is 18.1 Å². The third-order valence-electron chi connectivity index (χ3n) is 3.80. The highest BCUT2D eigenvalue weighted by molar-refractivity contribution is 5.97. The van der Waals surface area contributed by atoms with Gasteiger partial charge in [-0.15, -0.1) is 0 Å². The van der Waals surface area contributed by atoms with Gasteiger partial charge in [-0.25, -0.2) is 4.79 Å². The molecule has 0 amide bonds. The molecule has 0 heterocycles. The van der Waals surface area contributed by atoms with Gasteiger partial charge in [-0.05, 0) is 43.2 Å². The summed E-state index contributed by atoms with van der Waals surface area (Å²) in [5.74, 6) is -0.237. The van der Waals surface area contributed by atoms with Gasteiger partial charge < -0.3 is 19.7 Å². The minimum absolute atomic E-state index is 0.0192. The molecule has 138 valence electrons. The van der Waals surface area contributed by atoms with E-state index in [1.165, 1.54) is 6.92 Å². The Labute approximate surface area is 152 Å². The largest absolute Gasteiger partial charge is 0.507 e. The van der Waals surface area contributed by atoms with Crippen LogP contribution in [0, 0.1) is 0 Å². The Bertz CT molecular complexity index is 780. The second kappa shape index (κ2) is 8.89. The summed E-state index contributed by atoms with van der Waals surface area (Å²) in [6.45, 7) is 3.28. The number of hydrogen-bond acceptors (Lipinski definition) is 5. The van der Waals surface area contributed by atoms with E-state index in [0.717, 1.165) is 12.0 Å². The Kier molecular flexibility index (Phi) is 6.60. The van der Waals surface area contributed by atoms with Crippen LogP contribution in [-0.4, -0.2) is 28.6 Å². The van der Waals surface area contributed by atoms with Gasteiger partial charge in [0.2, 0.25) is 0 Å². The summed E-state index contributed by atoms with van der Waals surface area (Å²) in [5.41, 5.74) is 1.78. The van der Waals surface area contributed by atoms with Crippen LogP contribution in [0.25, 0.3) is 0 Å². The number of aromatic hydroxyl groups is 1. The van der Waals surface area contributed by atoms with Gasteiger partial charge in [0.1, 0.15) is 23.9 Å². The highest BCUT2D eigenvalue weighted by Gasteiger charge is 2.16. The van der Waals surface area contributed by atoms with Crippen LogP contribution < -0.4 is 9.47 Å². The van der Waals surface area contributed by atoms with Crippen molar-refractivity contribution in [1.29, 1.82) is 0 Å². The number of hydrogen-bond donors (Lipinski definition) is 2. The Balaban J connectivity index is 2.10. The highest BCUT2D eigenvalue weighted by atomic mass is 16.5. The number of Topliss-reactive ketones (excluding diaryl/α,β-unsaturated/α-hetero) is 1. The number of carboxylic acid groups (broad SMARTS) is 1. The van der Waals surface area contributed by atoms with Gasteiger partial charge in [0.05, 0.1) is 5.56 Å². The van der Waals surface area contributed by atoms with Gasteiger partial charge >= 0.3 is 5.97 Å². The first-order valence-corrected chi connectivity index (χ1v) is 8.34. The molecule has 2 aromatic carbocycles. The quantitative estimate of drug-likeness (QED) is 0.666. The van der Waals surface area contributed by atoms with Crippen LogP contribution in [0.3, 0.4) is 0 Å². The highest BCUT2D eigenvalue weighted by Crippen LogP contribution is 2.33. The van der Waals surface area contributed by atoms with Crippen molar-refractivity contribution in [1.82, 2.24) is 0 Å². The van der Waals surface area contributed by atoms with Gasteiger partial charge in [-0.1, -0.05) is 25.5 Å². The summed E-state index contributed by atoms with van der Waals surface area (Å²) < 4.78 is 10.9. The lowest BCUT2D eigenvalue weighted by Gasteiger charge is -2.15. The maximum absolute atomic E-state index is 11.6. The monoisotopic (exact) mass is 358 g/mol. The molecule has 6 heteroatoms. The lowest BCUT2D eigenvalue weighted by Crippen LogP contribution is -2.09. The summed E-state index contributed by atoms with van der Waals surface area (Å²) in [7, 11) is 0. The van der Waals surface area contributed by atoms with E-state index in [9.17, 15) is 14.7 Å². The predicted molar refractivity (Wildman–Crippen MR) is 96.0 cm³/mol. The predicted octanol–water partition coefficient (Wildman–Crippen LogP) is 3.59. The number of phenols is 1. The van der Waals surface area contributed by atoms with Crippen LogP contribution in [-0.2, 0) is 17.8 Å². The standard InChI is InChI=1S/C20H22O6/c1-3-4-17-18(10-9-16(13(2)21)20(17)24)26-11-14-5-7-15(8-6-14)25-12-19(22)23/h5-10,24H,3-4,11-12H2,1-2H3,(H,22,23). The van der Waals surface area contributed by atoms with E-state index < -0.39 is 12.6 Å². The number of phenolic OH excluding ortho intramolecular Hbond substituents is 1. The Morgan fingerprint density at radius 3 is 2.31 bits per heavy atom. The fourth-order valence-electron chi connectivity index (χ4n) is 2.52. The second-order valence-electron chi connectivity index (χ2n) is 5.86. The number of aliphatic carboxylic acids is 1. The van der Waals surface area contributed by atoms with Crippen molar-refractivity contribution in [2.24, 2.45) is 0 Å². The summed E-state index contributed by atoms with van der Waals surface area (Å²) in [6, 6.07) is 10.2. The molecule has 26 heavy (non-hydrogen) atoms. The van der Waals surface area contributed by atoms with E-state index in [4.69, 9.17) is 14.6 Å². The number of ether oxygens (including phenoxy) is 2. The molecule has 0 saturated heterocycles. The molecule has 2 aromatic rings. The lowest BCUT2D eigenvalue weighted by atomic mass is 10.0. The number of carboxylic acids is 1. The van der Waals surface area contributed by atoms with E-state index >= 15 is 0 Å². The van der Waals surface area contributed by atoms with Crippen molar-refractivity contribution in [3.05, 3.63) is 53.1 Å². The molecule has 0 unspecified atom stereocenters. The molecule has 0 aliphatic carbocycles. The van der Waals surface area contributed by atoms with Crippen LogP contribution in [0.5, 0.6) is 17.2 Å². The first-order chi connectivity index (χ1) is 12.4. The molecule has 0 bridgehead atoms. The molecular weight excluding hydrogens is 336 g/mol. The van der Waals surface area contributed by atoms with Crippen molar-refractivity contribution >= 4 is 11.8 Å². The maximum atomic E-state index is 11.6. The molecule has 0 aliphatic rings. The van der Waals surface area contributed by atoms with Crippen LogP contribution in [0.15, 0.2) is 36.4 Å². The molecule has 0 spiro atoms. The lowest BCUT2D eigenvalue weighted by molar-refractivity contribution is -0.139. The van der Waals surface area contributed by atoms with Gasteiger partial charge in [0, 0.05) is 5.56 Å². The molecule has 0 aromatic heterocycles. The van der Waals surface area contributed by atoms with Gasteiger partial charge in [0.15, 0.2) is 12.4 Å². The zero-order valence-corrected chi connectivity index (χ0v) is 14.8. The molecule has 0 radical (unpaired) electrons. The Hall–Kier alpha value is -3.02. The molecule has 2 rings (SSSR count). The second-order valence-corrected chi connectivity index (χ2v) is 5.86. The minimum atomic E-state index is -1.03. The molecule has 0 aliphatic heterocycles. The zero-order chi connectivity index (χ0) is 19.1. The topological polar surface area (TPSA) is 93.1 Å². The molecular formula is C20H22O6. The first-order valence-electron chi connectivity index (χ1n) is 8.34. The van der Waals surface area contributed by atoms with Gasteiger partial charge in [-0.2, -0.15) is 0 Å². The average Bonchev–Trinajstić information content (AvgIpc) is 2.61. The molecule has 0 saturated carbocycles. The van der Waals surface area contributed by atoms with Crippen LogP contribution >= 0.6 is 0 Å². The third kappa shape index (κ3) is 4.99. The van der Waals surface area contributed by atoms with E-state index in [0.29, 0.717) is 29.0 Å². The van der Waals surface area contributed by atoms with Crippen molar-refractivity contribution in [3.63, 3.8) is 0 Å². The van der Waals surface area contributed by atoms with Crippen molar-refractivity contribution in [3.8, 4) is 17.2 Å². The molecule has 2 N–H and O–H groups in total. The van der Waals surface area contributed by atoms with Crippen molar-refractivity contribution in [2.75, 3.05) is 6.61 Å². The van der Waals surface area contributed by atoms with Crippen molar-refractivity contribution in [2.45, 2.75) is 33.3 Å². The Morgan fingerprint density at radius 1 is 1.04 bits per heavy atom. The number of benzene rings is 2. The summed E-state index contributed by atoms with van der Waals surface area (Å²) in [5, 5.41) is 18.9. The third-order valence-corrected chi connectivity index (χ3v) is 3.80. The number of carbonyl (C=O) groups excluding carboxylic acids is 1. The van der Waals surface area contributed by atoms with Gasteiger partial charge in [-0.3, -0.25) is 4.79 Å². The maximum Gasteiger partial charge on any atom is 0.341 e. The first kappa shape index (κ1) is 19.3. The molecule has 0 fully saturated rings. The molecule has 0 atom stereocenters. The van der Waals surface area contributed by atoms with E-state index in [1.807, 2.05) is 6.92 Å². The van der Waals surface area contributed by atoms with Crippen LogP contribution in [0.4, 0.5) is 0 Å². The summed E-state index contributed by atoms with van der Waals surface area (Å²) in [6.07, 6.45) is 1.41. The summed E-state index contributed by atoms with van der Waals surface area (Å²) in [4.78, 5) is 22.1. The Morgan fingerprint density at radius 2 is 1.73 bits per heavy atom. The number of rotatable bonds is 9. The fraction of sp³-hybridized carbons (Fsp3) is 0.300. The smallest absolute Gasteiger partial charge is 0.341 e. The average molecular weight is 358 g/mol. The summed E-state index contributed by atoms with van der Waals surface area (Å²) >= 11 is 0. The van der Waals surface area contributed by atoms with E-state index in [1.54, 1.807) is 36.4 Å². The fourth-order valence-corrected chi connectivity index (χ4v) is 2.52. The number of ketones is 1. The molecule has 6 nitrogen and oxygen atoms in total. The van der Waals surface area contributed by atoms with E-state index in [2.05, 4.69) is 0 Å². The minimum Gasteiger partial charge on any atom is -0.507 e. The van der Waals surface area contributed by atoms with Gasteiger partial charge in [0.25, 0.3) is 0 Å². The van der Waals surface area contributed by atoms with Crippen LogP contribution in [0.1, 0.15) is 41.8 Å². The zero-order valence-electron chi connectivity index (χ0n) is 14.8. The van der Waals surface area contributed by atoms with Crippen LogP contribution in [0.2, 0.25) is 0 Å². The normalized spacial score (nSPS) is 10.4. The SMILES string of the molecule is CCCc1c(OCc2ccc(OCC(=O)O)cc2)ccc(C(C)=O)c1O.